The molecule has 0 unspecified atom stereocenters. The van der Waals surface area contributed by atoms with Gasteiger partial charge >= 0.3 is 12.1 Å². The maximum Gasteiger partial charge on any atom is 0.414 e. The first-order chi connectivity index (χ1) is 11.7. The van der Waals surface area contributed by atoms with Crippen molar-refractivity contribution in [3.05, 3.63) is 16.0 Å². The Morgan fingerprint density at radius 1 is 1.08 bits per heavy atom. The van der Waals surface area contributed by atoms with Gasteiger partial charge in [0.25, 0.3) is 5.91 Å². The number of nitrogens with one attached hydrogen (secondary N) is 2. The molecule has 138 valence electrons. The van der Waals surface area contributed by atoms with Crippen LogP contribution in [0.3, 0.4) is 0 Å². The van der Waals surface area contributed by atoms with E-state index in [1.54, 1.807) is 34.6 Å². The number of carbonyl (C=O) groups is 4. The number of imide groups is 1. The van der Waals surface area contributed by atoms with E-state index in [4.69, 9.17) is 4.74 Å². The van der Waals surface area contributed by atoms with Crippen molar-refractivity contribution >= 4 is 40.2 Å². The SMILES string of the molecule is CCOC(=O)NC(=O)c1c(NC(=O)C(C)C)sc(C(=O)OCC)c1C. The molecule has 2 N–H and O–H groups in total. The Morgan fingerprint density at radius 3 is 2.20 bits per heavy atom. The Labute approximate surface area is 149 Å². The van der Waals surface area contributed by atoms with Crippen LogP contribution in [-0.2, 0) is 14.3 Å². The van der Waals surface area contributed by atoms with Gasteiger partial charge in [-0.2, -0.15) is 0 Å². The quantitative estimate of drug-likeness (QED) is 0.745. The van der Waals surface area contributed by atoms with E-state index < -0.39 is 18.0 Å². The first-order valence-electron chi connectivity index (χ1n) is 7.82. The number of ether oxygens (including phenoxy) is 2. The van der Waals surface area contributed by atoms with Crippen molar-refractivity contribution in [3.63, 3.8) is 0 Å². The summed E-state index contributed by atoms with van der Waals surface area (Å²) in [5.74, 6) is -2.00. The van der Waals surface area contributed by atoms with Crippen molar-refractivity contribution in [1.82, 2.24) is 5.32 Å². The summed E-state index contributed by atoms with van der Waals surface area (Å²) in [6, 6.07) is 0. The van der Waals surface area contributed by atoms with Gasteiger partial charge in [-0.1, -0.05) is 13.8 Å². The van der Waals surface area contributed by atoms with Gasteiger partial charge in [-0.3, -0.25) is 14.9 Å². The Morgan fingerprint density at radius 2 is 1.68 bits per heavy atom. The van der Waals surface area contributed by atoms with Crippen LogP contribution in [0.1, 0.15) is 53.3 Å². The molecule has 0 aromatic carbocycles. The second-order valence-electron chi connectivity index (χ2n) is 5.30. The van der Waals surface area contributed by atoms with Gasteiger partial charge in [0, 0.05) is 5.92 Å². The summed E-state index contributed by atoms with van der Waals surface area (Å²) < 4.78 is 9.64. The molecule has 1 aromatic rings. The van der Waals surface area contributed by atoms with Crippen LogP contribution in [0.5, 0.6) is 0 Å². The van der Waals surface area contributed by atoms with Crippen LogP contribution in [0, 0.1) is 12.8 Å². The second kappa shape index (κ2) is 9.16. The maximum atomic E-state index is 12.4. The molecule has 0 saturated heterocycles. The highest BCUT2D eigenvalue weighted by Gasteiger charge is 2.27. The van der Waals surface area contributed by atoms with Gasteiger partial charge < -0.3 is 14.8 Å². The van der Waals surface area contributed by atoms with Crippen LogP contribution in [0.15, 0.2) is 0 Å². The van der Waals surface area contributed by atoms with Gasteiger partial charge in [-0.05, 0) is 26.3 Å². The normalized spacial score (nSPS) is 10.3. The number of amides is 3. The monoisotopic (exact) mass is 370 g/mol. The van der Waals surface area contributed by atoms with E-state index in [9.17, 15) is 19.2 Å². The summed E-state index contributed by atoms with van der Waals surface area (Å²) in [7, 11) is 0. The summed E-state index contributed by atoms with van der Waals surface area (Å²) in [6.07, 6.45) is -0.906. The molecule has 1 aromatic heterocycles. The lowest BCUT2D eigenvalue weighted by atomic mass is 10.1. The Kier molecular flexibility index (Phi) is 7.56. The van der Waals surface area contributed by atoms with Crippen molar-refractivity contribution in [2.75, 3.05) is 18.5 Å². The van der Waals surface area contributed by atoms with Crippen LogP contribution in [-0.4, -0.2) is 37.1 Å². The third-order valence-electron chi connectivity index (χ3n) is 3.09. The van der Waals surface area contributed by atoms with E-state index >= 15 is 0 Å². The minimum absolute atomic E-state index is 0.0371. The lowest BCUT2D eigenvalue weighted by Gasteiger charge is -2.09. The number of thiophene rings is 1. The molecule has 9 heteroatoms. The highest BCUT2D eigenvalue weighted by molar-refractivity contribution is 7.18. The van der Waals surface area contributed by atoms with Crippen LogP contribution in [0.25, 0.3) is 0 Å². The average molecular weight is 370 g/mol. The first-order valence-corrected chi connectivity index (χ1v) is 8.63. The van der Waals surface area contributed by atoms with Crippen molar-refractivity contribution in [2.24, 2.45) is 5.92 Å². The van der Waals surface area contributed by atoms with Crippen molar-refractivity contribution in [2.45, 2.75) is 34.6 Å². The number of alkyl carbamates (subject to hydrolysis) is 1. The predicted molar refractivity (Wildman–Crippen MR) is 93.0 cm³/mol. The molecular weight excluding hydrogens is 348 g/mol. The predicted octanol–water partition coefficient (Wildman–Crippen LogP) is 2.71. The third kappa shape index (κ3) is 5.28. The zero-order chi connectivity index (χ0) is 19.1. The number of rotatable bonds is 6. The average Bonchev–Trinajstić information content (AvgIpc) is 2.84. The minimum atomic E-state index is -0.906. The largest absolute Gasteiger partial charge is 0.462 e. The van der Waals surface area contributed by atoms with Crippen LogP contribution in [0.2, 0.25) is 0 Å². The number of carbonyl (C=O) groups excluding carboxylic acids is 4. The van der Waals surface area contributed by atoms with Crippen LogP contribution < -0.4 is 10.6 Å². The van der Waals surface area contributed by atoms with Gasteiger partial charge in [-0.15, -0.1) is 11.3 Å². The molecule has 0 bridgehead atoms. The molecule has 25 heavy (non-hydrogen) atoms. The summed E-state index contributed by atoms with van der Waals surface area (Å²) in [5, 5.41) is 4.86. The number of hydrogen-bond donors (Lipinski definition) is 2. The van der Waals surface area contributed by atoms with E-state index in [1.165, 1.54) is 0 Å². The molecule has 8 nitrogen and oxygen atoms in total. The summed E-state index contributed by atoms with van der Waals surface area (Å²) in [6.45, 7) is 8.49. The molecule has 0 aliphatic rings. The smallest absolute Gasteiger partial charge is 0.414 e. The highest BCUT2D eigenvalue weighted by atomic mass is 32.1. The summed E-state index contributed by atoms with van der Waals surface area (Å²) in [4.78, 5) is 48.1. The van der Waals surface area contributed by atoms with Crippen molar-refractivity contribution in [1.29, 1.82) is 0 Å². The highest BCUT2D eigenvalue weighted by Crippen LogP contribution is 2.34. The van der Waals surface area contributed by atoms with Crippen LogP contribution in [0.4, 0.5) is 9.80 Å². The third-order valence-corrected chi connectivity index (χ3v) is 4.27. The molecule has 0 saturated carbocycles. The molecule has 3 amide bonds. The Balaban J connectivity index is 3.26. The molecule has 0 aliphatic heterocycles. The van der Waals surface area contributed by atoms with Gasteiger partial charge in [0.2, 0.25) is 5.91 Å². The topological polar surface area (TPSA) is 111 Å². The summed E-state index contributed by atoms with van der Waals surface area (Å²) >= 11 is 0.929. The Bertz CT molecular complexity index is 680. The molecule has 0 aliphatic carbocycles. The van der Waals surface area contributed by atoms with Crippen molar-refractivity contribution in [3.8, 4) is 0 Å². The lowest BCUT2D eigenvalue weighted by Crippen LogP contribution is -2.32. The lowest BCUT2D eigenvalue weighted by molar-refractivity contribution is -0.118. The van der Waals surface area contributed by atoms with Gasteiger partial charge in [-0.25, -0.2) is 9.59 Å². The standard InChI is InChI=1S/C16H22N2O6S/c1-6-23-15(21)11-9(5)10(13(20)18-16(22)24-7-2)14(25-11)17-12(19)8(3)4/h8H,6-7H2,1-5H3,(H,17,19)(H,18,20,22). The first kappa shape index (κ1) is 20.6. The number of anilines is 1. The minimum Gasteiger partial charge on any atom is -0.462 e. The van der Waals surface area contributed by atoms with Gasteiger partial charge in [0.1, 0.15) is 9.88 Å². The second-order valence-corrected chi connectivity index (χ2v) is 6.32. The molecule has 0 atom stereocenters. The van der Waals surface area contributed by atoms with Crippen molar-refractivity contribution < 1.29 is 28.7 Å². The molecular formula is C16H22N2O6S. The summed E-state index contributed by atoms with van der Waals surface area (Å²) in [5.41, 5.74) is 0.361. The molecule has 1 heterocycles. The molecule has 0 radical (unpaired) electrons. The fraction of sp³-hybridized carbons (Fsp3) is 0.500. The molecule has 0 spiro atoms. The number of hydrogen-bond acceptors (Lipinski definition) is 7. The zero-order valence-electron chi connectivity index (χ0n) is 14.8. The van der Waals surface area contributed by atoms with Gasteiger partial charge in [0.05, 0.1) is 18.8 Å². The van der Waals surface area contributed by atoms with Crippen LogP contribution >= 0.6 is 11.3 Å². The number of esters is 1. The van der Waals surface area contributed by atoms with E-state index in [-0.39, 0.29) is 40.5 Å². The zero-order valence-corrected chi connectivity index (χ0v) is 15.7. The van der Waals surface area contributed by atoms with E-state index in [0.29, 0.717) is 5.56 Å². The fourth-order valence-electron chi connectivity index (χ4n) is 1.84. The van der Waals surface area contributed by atoms with Gasteiger partial charge in [0.15, 0.2) is 0 Å². The molecule has 0 fully saturated rings. The van der Waals surface area contributed by atoms with E-state index in [0.717, 1.165) is 11.3 Å². The molecule has 1 rings (SSSR count). The maximum absolute atomic E-state index is 12.4. The van der Waals surface area contributed by atoms with E-state index in [1.807, 2.05) is 0 Å². The Hall–Kier alpha value is -2.42. The van der Waals surface area contributed by atoms with E-state index in [2.05, 4.69) is 15.4 Å². The fourth-order valence-corrected chi connectivity index (χ4v) is 2.95.